The average Bonchev–Trinajstić information content (AvgIpc) is 2.57. The number of H-pyrrole nitrogens is 1. The Morgan fingerprint density at radius 2 is 2.31 bits per heavy atom. The summed E-state index contributed by atoms with van der Waals surface area (Å²) < 4.78 is 6.29. The van der Waals surface area contributed by atoms with Gasteiger partial charge in [-0.3, -0.25) is 9.36 Å². The monoisotopic (exact) mass is 245 g/mol. The first-order chi connectivity index (χ1) is 7.56. The lowest BCUT2D eigenvalue weighted by Gasteiger charge is -2.07. The molecule has 0 radical (unpaired) electrons. The Morgan fingerprint density at radius 1 is 1.62 bits per heavy atom. The van der Waals surface area contributed by atoms with Crippen LogP contribution in [0.3, 0.4) is 0 Å². The van der Waals surface area contributed by atoms with Gasteiger partial charge in [0.2, 0.25) is 0 Å². The zero-order valence-electron chi connectivity index (χ0n) is 9.52. The van der Waals surface area contributed by atoms with Gasteiger partial charge in [0.1, 0.15) is 0 Å². The standard InChI is InChI=1S/C9H15N3O3S/c1-4-15-7(13)5-16-9-11-10-8(14)12(9)6(2)3/h6H,4-5H2,1-3H3,(H,10,14). The molecule has 1 N–H and O–H groups in total. The van der Waals surface area contributed by atoms with Gasteiger partial charge in [0.25, 0.3) is 0 Å². The molecule has 0 aliphatic carbocycles. The van der Waals surface area contributed by atoms with Gasteiger partial charge in [-0.2, -0.15) is 0 Å². The van der Waals surface area contributed by atoms with Crippen molar-refractivity contribution in [3.63, 3.8) is 0 Å². The van der Waals surface area contributed by atoms with Crippen LogP contribution in [-0.4, -0.2) is 33.1 Å². The second kappa shape index (κ2) is 5.74. The SMILES string of the molecule is CCOC(=O)CSc1n[nH]c(=O)n1C(C)C. The fourth-order valence-corrected chi connectivity index (χ4v) is 2.05. The van der Waals surface area contributed by atoms with Gasteiger partial charge in [0.05, 0.1) is 12.4 Å². The smallest absolute Gasteiger partial charge is 0.344 e. The van der Waals surface area contributed by atoms with E-state index in [9.17, 15) is 9.59 Å². The molecule has 1 aromatic heterocycles. The zero-order chi connectivity index (χ0) is 12.1. The molecule has 0 bridgehead atoms. The van der Waals surface area contributed by atoms with Gasteiger partial charge >= 0.3 is 11.7 Å². The van der Waals surface area contributed by atoms with Crippen LogP contribution in [0.25, 0.3) is 0 Å². The number of carbonyl (C=O) groups excluding carboxylic acids is 1. The van der Waals surface area contributed by atoms with E-state index in [1.54, 1.807) is 6.92 Å². The van der Waals surface area contributed by atoms with Crippen molar-refractivity contribution in [3.8, 4) is 0 Å². The summed E-state index contributed by atoms with van der Waals surface area (Å²) in [4.78, 5) is 22.5. The number of nitrogens with one attached hydrogen (secondary N) is 1. The molecule has 6 nitrogen and oxygen atoms in total. The van der Waals surface area contributed by atoms with Crippen LogP contribution >= 0.6 is 11.8 Å². The fourth-order valence-electron chi connectivity index (χ4n) is 1.17. The minimum absolute atomic E-state index is 0.0101. The number of ether oxygens (including phenoxy) is 1. The molecule has 1 rings (SSSR count). The van der Waals surface area contributed by atoms with Gasteiger partial charge in [-0.25, -0.2) is 9.89 Å². The minimum Gasteiger partial charge on any atom is -0.465 e. The summed E-state index contributed by atoms with van der Waals surface area (Å²) in [6.07, 6.45) is 0. The third kappa shape index (κ3) is 3.13. The Bertz CT molecular complexity index is 410. The second-order valence-corrected chi connectivity index (χ2v) is 4.31. The maximum Gasteiger partial charge on any atom is 0.344 e. The molecule has 1 heterocycles. The Kier molecular flexibility index (Phi) is 4.60. The first-order valence-electron chi connectivity index (χ1n) is 5.01. The maximum absolute atomic E-state index is 11.4. The average molecular weight is 245 g/mol. The van der Waals surface area contributed by atoms with Gasteiger partial charge in [0, 0.05) is 6.04 Å². The molecule has 0 atom stereocenters. The van der Waals surface area contributed by atoms with E-state index in [0.717, 1.165) is 0 Å². The third-order valence-corrected chi connectivity index (χ3v) is 2.74. The van der Waals surface area contributed by atoms with E-state index in [0.29, 0.717) is 11.8 Å². The number of aromatic nitrogens is 3. The van der Waals surface area contributed by atoms with E-state index in [1.165, 1.54) is 16.3 Å². The van der Waals surface area contributed by atoms with E-state index in [1.807, 2.05) is 13.8 Å². The molecule has 0 fully saturated rings. The highest BCUT2D eigenvalue weighted by atomic mass is 32.2. The van der Waals surface area contributed by atoms with Gasteiger partial charge < -0.3 is 4.74 Å². The number of esters is 1. The van der Waals surface area contributed by atoms with Crippen molar-refractivity contribution in [3.05, 3.63) is 10.5 Å². The van der Waals surface area contributed by atoms with Crippen LogP contribution < -0.4 is 5.69 Å². The van der Waals surface area contributed by atoms with Crippen LogP contribution in [0.1, 0.15) is 26.8 Å². The van der Waals surface area contributed by atoms with Crippen molar-refractivity contribution in [1.82, 2.24) is 14.8 Å². The highest BCUT2D eigenvalue weighted by Crippen LogP contribution is 2.16. The first-order valence-corrected chi connectivity index (χ1v) is 6.00. The van der Waals surface area contributed by atoms with Crippen LogP contribution in [0.4, 0.5) is 0 Å². The summed E-state index contributed by atoms with van der Waals surface area (Å²) in [5, 5.41) is 6.72. The number of thioether (sulfide) groups is 1. The molecule has 0 unspecified atom stereocenters. The lowest BCUT2D eigenvalue weighted by Crippen LogP contribution is -2.19. The number of nitrogens with zero attached hydrogens (tertiary/aromatic N) is 2. The molecular formula is C9H15N3O3S. The summed E-state index contributed by atoms with van der Waals surface area (Å²) >= 11 is 1.19. The molecule has 0 spiro atoms. The summed E-state index contributed by atoms with van der Waals surface area (Å²) in [5.74, 6) is -0.150. The molecule has 0 aromatic carbocycles. The van der Waals surface area contributed by atoms with Gasteiger partial charge in [0.15, 0.2) is 5.16 Å². The van der Waals surface area contributed by atoms with Gasteiger partial charge in [-0.05, 0) is 20.8 Å². The number of hydrogen-bond donors (Lipinski definition) is 1. The zero-order valence-corrected chi connectivity index (χ0v) is 10.3. The lowest BCUT2D eigenvalue weighted by atomic mass is 10.4. The molecule has 16 heavy (non-hydrogen) atoms. The van der Waals surface area contributed by atoms with Crippen molar-refractivity contribution in [1.29, 1.82) is 0 Å². The van der Waals surface area contributed by atoms with E-state index in [-0.39, 0.29) is 23.5 Å². The number of aromatic amines is 1. The Hall–Kier alpha value is -1.24. The highest BCUT2D eigenvalue weighted by Gasteiger charge is 2.13. The first kappa shape index (κ1) is 12.8. The number of rotatable bonds is 5. The fraction of sp³-hybridized carbons (Fsp3) is 0.667. The van der Waals surface area contributed by atoms with Crippen molar-refractivity contribution >= 4 is 17.7 Å². The normalized spacial score (nSPS) is 10.8. The Balaban J connectivity index is 2.67. The molecular weight excluding hydrogens is 230 g/mol. The predicted molar refractivity (Wildman–Crippen MR) is 60.6 cm³/mol. The van der Waals surface area contributed by atoms with Gasteiger partial charge in [-0.15, -0.1) is 5.10 Å². The van der Waals surface area contributed by atoms with Gasteiger partial charge in [-0.1, -0.05) is 11.8 Å². The Morgan fingerprint density at radius 3 is 2.88 bits per heavy atom. The van der Waals surface area contributed by atoms with Crippen LogP contribution in [0.5, 0.6) is 0 Å². The summed E-state index contributed by atoms with van der Waals surface area (Å²) in [6, 6.07) is 0.0101. The van der Waals surface area contributed by atoms with Crippen LogP contribution in [0, 0.1) is 0 Å². The topological polar surface area (TPSA) is 77.0 Å². The molecule has 0 saturated heterocycles. The van der Waals surface area contributed by atoms with E-state index in [4.69, 9.17) is 4.74 Å². The molecule has 0 aliphatic rings. The quantitative estimate of drug-likeness (QED) is 0.613. The van der Waals surface area contributed by atoms with Crippen LogP contribution in [0.2, 0.25) is 0 Å². The van der Waals surface area contributed by atoms with Crippen molar-refractivity contribution in [2.45, 2.75) is 32.0 Å². The highest BCUT2D eigenvalue weighted by molar-refractivity contribution is 7.99. The lowest BCUT2D eigenvalue weighted by molar-refractivity contribution is -0.139. The molecule has 0 aliphatic heterocycles. The van der Waals surface area contributed by atoms with Crippen molar-refractivity contribution in [2.75, 3.05) is 12.4 Å². The minimum atomic E-state index is -0.307. The molecule has 7 heteroatoms. The molecule has 0 saturated carbocycles. The summed E-state index contributed by atoms with van der Waals surface area (Å²) in [6.45, 7) is 5.87. The van der Waals surface area contributed by atoms with E-state index < -0.39 is 0 Å². The van der Waals surface area contributed by atoms with Crippen LogP contribution in [-0.2, 0) is 9.53 Å². The second-order valence-electron chi connectivity index (χ2n) is 3.37. The summed E-state index contributed by atoms with van der Waals surface area (Å²) in [5.41, 5.74) is -0.263. The molecule has 0 amide bonds. The predicted octanol–water partition coefficient (Wildman–Crippen LogP) is 0.807. The van der Waals surface area contributed by atoms with Crippen molar-refractivity contribution < 1.29 is 9.53 Å². The maximum atomic E-state index is 11.4. The van der Waals surface area contributed by atoms with E-state index >= 15 is 0 Å². The largest absolute Gasteiger partial charge is 0.465 e. The summed E-state index contributed by atoms with van der Waals surface area (Å²) in [7, 11) is 0. The van der Waals surface area contributed by atoms with E-state index in [2.05, 4.69) is 10.2 Å². The molecule has 1 aromatic rings. The van der Waals surface area contributed by atoms with Crippen LogP contribution in [0.15, 0.2) is 9.95 Å². The third-order valence-electron chi connectivity index (χ3n) is 1.81. The number of carbonyl (C=O) groups is 1. The molecule has 90 valence electrons. The Labute approximate surface area is 97.4 Å². The number of hydrogen-bond acceptors (Lipinski definition) is 5. The van der Waals surface area contributed by atoms with Crippen molar-refractivity contribution in [2.24, 2.45) is 0 Å².